The maximum atomic E-state index is 13.7. The smallest absolute Gasteiger partial charge is 0.343 e. The van der Waals surface area contributed by atoms with Gasteiger partial charge >= 0.3 is 6.18 Å². The highest BCUT2D eigenvalue weighted by molar-refractivity contribution is 6.03. The fraction of sp³-hybridized carbons (Fsp3) is 0.0909. The summed E-state index contributed by atoms with van der Waals surface area (Å²) < 4.78 is 41.1. The average Bonchev–Trinajstić information content (AvgIpc) is 3.13. The van der Waals surface area contributed by atoms with Gasteiger partial charge in [-0.25, -0.2) is 10.5 Å². The molecule has 1 aliphatic heterocycles. The number of nitrogens with zero attached hydrogens (tertiary/aromatic N) is 1. The van der Waals surface area contributed by atoms with Gasteiger partial charge in [-0.1, -0.05) is 36.4 Å². The fourth-order valence-corrected chi connectivity index (χ4v) is 3.38. The van der Waals surface area contributed by atoms with Gasteiger partial charge in [0.15, 0.2) is 0 Å². The monoisotopic (exact) mass is 411 g/mol. The number of aliphatic imine (C=N–C) groups is 1. The summed E-state index contributed by atoms with van der Waals surface area (Å²) in [5, 5.41) is 11.8. The summed E-state index contributed by atoms with van der Waals surface area (Å²) in [4.78, 5) is 16.0. The van der Waals surface area contributed by atoms with Crippen LogP contribution in [0, 0.1) is 0 Å². The molecule has 0 aromatic heterocycles. The number of amides is 1. The van der Waals surface area contributed by atoms with Crippen molar-refractivity contribution in [3.63, 3.8) is 0 Å². The van der Waals surface area contributed by atoms with Crippen molar-refractivity contribution in [2.75, 3.05) is 5.32 Å². The summed E-state index contributed by atoms with van der Waals surface area (Å²) in [6.45, 7) is 0. The van der Waals surface area contributed by atoms with Gasteiger partial charge in [-0.2, -0.15) is 13.2 Å². The number of alkyl halides is 3. The molecular weight excluding hydrogens is 395 g/mol. The lowest BCUT2D eigenvalue weighted by atomic mass is 9.95. The number of hydrogen-bond acceptors (Lipinski definition) is 4. The average molecular weight is 411 g/mol. The van der Waals surface area contributed by atoms with E-state index in [1.165, 1.54) is 18.2 Å². The lowest BCUT2D eigenvalue weighted by Crippen LogP contribution is -2.19. The van der Waals surface area contributed by atoms with Crippen LogP contribution in [0.15, 0.2) is 71.7 Å². The van der Waals surface area contributed by atoms with E-state index in [0.29, 0.717) is 28.3 Å². The zero-order valence-electron chi connectivity index (χ0n) is 15.5. The molecule has 152 valence electrons. The Morgan fingerprint density at radius 1 is 1.00 bits per heavy atom. The van der Waals surface area contributed by atoms with Crippen LogP contribution in [0.1, 0.15) is 21.5 Å². The number of carbonyl (C=O) groups excluding carboxylic acids is 1. The first-order valence-corrected chi connectivity index (χ1v) is 9.04. The van der Waals surface area contributed by atoms with Crippen LogP contribution in [0.5, 0.6) is 0 Å². The quantitative estimate of drug-likeness (QED) is 0.410. The van der Waals surface area contributed by atoms with Crippen molar-refractivity contribution in [3.8, 4) is 11.1 Å². The van der Waals surface area contributed by atoms with E-state index >= 15 is 0 Å². The molecule has 4 rings (SSSR count). The van der Waals surface area contributed by atoms with E-state index < -0.39 is 17.6 Å². The zero-order chi connectivity index (χ0) is 21.3. The molecule has 0 fully saturated rings. The minimum Gasteiger partial charge on any atom is -0.343 e. The first-order valence-electron chi connectivity index (χ1n) is 9.04. The molecule has 0 saturated heterocycles. The second-order valence-corrected chi connectivity index (χ2v) is 6.77. The van der Waals surface area contributed by atoms with Crippen LogP contribution in [0.25, 0.3) is 11.1 Å². The molecule has 1 amide bonds. The maximum absolute atomic E-state index is 13.7. The predicted octanol–water partition coefficient (Wildman–Crippen LogP) is 5.19. The third-order valence-corrected chi connectivity index (χ3v) is 4.74. The molecule has 3 aromatic carbocycles. The molecule has 3 N–H and O–H groups in total. The number of amidine groups is 1. The largest absolute Gasteiger partial charge is 0.417 e. The van der Waals surface area contributed by atoms with E-state index in [2.05, 4.69) is 10.3 Å². The standard InChI is InChI=1S/C22H16F3N3O2/c23-22(24,25)18-10-15-11-20(26-16-8-4-7-14(9-16)21(29)28-30)27-19(15)12-17(18)13-5-2-1-3-6-13/h1-10,12,30H,11H2,(H,26,27)(H,28,29). The van der Waals surface area contributed by atoms with Gasteiger partial charge in [0.1, 0.15) is 5.84 Å². The predicted molar refractivity (Wildman–Crippen MR) is 107 cm³/mol. The summed E-state index contributed by atoms with van der Waals surface area (Å²) >= 11 is 0. The zero-order valence-corrected chi connectivity index (χ0v) is 15.5. The molecule has 0 bridgehead atoms. The number of fused-ring (bicyclic) bond motifs is 1. The number of nitrogens with one attached hydrogen (secondary N) is 2. The van der Waals surface area contributed by atoms with E-state index in [0.717, 1.165) is 6.07 Å². The molecule has 0 aliphatic carbocycles. The SMILES string of the molecule is O=C(NO)c1cccc(NC2=Nc3cc(-c4ccccc4)c(C(F)(F)F)cc3C2)c1. The minimum absolute atomic E-state index is 0.0773. The number of hydrogen-bond donors (Lipinski definition) is 3. The Kier molecular flexibility index (Phi) is 5.01. The highest BCUT2D eigenvalue weighted by Gasteiger charge is 2.35. The number of rotatable bonds is 3. The Balaban J connectivity index is 1.67. The molecule has 0 atom stereocenters. The van der Waals surface area contributed by atoms with Crippen LogP contribution in [0.2, 0.25) is 0 Å². The molecule has 0 unspecified atom stereocenters. The molecule has 5 nitrogen and oxygen atoms in total. The van der Waals surface area contributed by atoms with Crippen molar-refractivity contribution in [3.05, 3.63) is 83.4 Å². The Labute approximate surface area is 169 Å². The number of anilines is 1. The van der Waals surface area contributed by atoms with Crippen molar-refractivity contribution >= 4 is 23.1 Å². The molecular formula is C22H16F3N3O2. The fourth-order valence-electron chi connectivity index (χ4n) is 3.38. The van der Waals surface area contributed by atoms with Gasteiger partial charge < -0.3 is 5.32 Å². The van der Waals surface area contributed by atoms with Gasteiger partial charge in [-0.05, 0) is 47.0 Å². The summed E-state index contributed by atoms with van der Waals surface area (Å²) in [6, 6.07) is 17.3. The van der Waals surface area contributed by atoms with Crippen molar-refractivity contribution in [2.24, 2.45) is 4.99 Å². The van der Waals surface area contributed by atoms with Crippen molar-refractivity contribution in [1.82, 2.24) is 5.48 Å². The van der Waals surface area contributed by atoms with Gasteiger partial charge in [0.25, 0.3) is 5.91 Å². The van der Waals surface area contributed by atoms with E-state index in [1.807, 2.05) is 0 Å². The van der Waals surface area contributed by atoms with E-state index in [1.54, 1.807) is 47.9 Å². The van der Waals surface area contributed by atoms with Gasteiger partial charge in [0.2, 0.25) is 0 Å². The highest BCUT2D eigenvalue weighted by Crippen LogP contribution is 2.42. The molecule has 0 radical (unpaired) electrons. The lowest BCUT2D eigenvalue weighted by molar-refractivity contribution is -0.137. The highest BCUT2D eigenvalue weighted by atomic mass is 19.4. The first-order chi connectivity index (χ1) is 14.3. The Morgan fingerprint density at radius 3 is 2.47 bits per heavy atom. The topological polar surface area (TPSA) is 73.7 Å². The minimum atomic E-state index is -4.50. The lowest BCUT2D eigenvalue weighted by Gasteiger charge is -2.15. The van der Waals surface area contributed by atoms with Crippen LogP contribution >= 0.6 is 0 Å². The number of carbonyl (C=O) groups is 1. The van der Waals surface area contributed by atoms with Gasteiger partial charge in [-0.3, -0.25) is 10.0 Å². The summed E-state index contributed by atoms with van der Waals surface area (Å²) in [6.07, 6.45) is -4.30. The Hall–Kier alpha value is -3.65. The number of benzene rings is 3. The summed E-state index contributed by atoms with van der Waals surface area (Å²) in [5.41, 5.74) is 3.08. The Morgan fingerprint density at radius 2 is 1.77 bits per heavy atom. The van der Waals surface area contributed by atoms with Crippen molar-refractivity contribution in [1.29, 1.82) is 0 Å². The third kappa shape index (κ3) is 3.90. The van der Waals surface area contributed by atoms with Crippen molar-refractivity contribution < 1.29 is 23.2 Å². The van der Waals surface area contributed by atoms with Crippen LogP contribution in [-0.2, 0) is 12.6 Å². The number of hydroxylamine groups is 1. The Bertz CT molecular complexity index is 1140. The second kappa shape index (κ2) is 7.64. The van der Waals surface area contributed by atoms with E-state index in [4.69, 9.17) is 5.21 Å². The van der Waals surface area contributed by atoms with Gasteiger partial charge in [0, 0.05) is 17.7 Å². The molecule has 1 heterocycles. The molecule has 0 saturated carbocycles. The van der Waals surface area contributed by atoms with Crippen LogP contribution in [0.4, 0.5) is 24.5 Å². The molecule has 1 aliphatic rings. The molecule has 3 aromatic rings. The number of halogens is 3. The summed E-state index contributed by atoms with van der Waals surface area (Å²) in [5.74, 6) is -0.206. The van der Waals surface area contributed by atoms with Crippen molar-refractivity contribution in [2.45, 2.75) is 12.6 Å². The van der Waals surface area contributed by atoms with Gasteiger partial charge in [-0.15, -0.1) is 0 Å². The van der Waals surface area contributed by atoms with E-state index in [9.17, 15) is 18.0 Å². The first kappa shape index (κ1) is 19.7. The maximum Gasteiger partial charge on any atom is 0.417 e. The normalized spacial score (nSPS) is 12.9. The molecule has 30 heavy (non-hydrogen) atoms. The molecule has 8 heteroatoms. The molecule has 0 spiro atoms. The van der Waals surface area contributed by atoms with Gasteiger partial charge in [0.05, 0.1) is 11.3 Å². The van der Waals surface area contributed by atoms with E-state index in [-0.39, 0.29) is 17.5 Å². The third-order valence-electron chi connectivity index (χ3n) is 4.74. The van der Waals surface area contributed by atoms with Crippen LogP contribution < -0.4 is 10.8 Å². The van der Waals surface area contributed by atoms with Crippen LogP contribution in [-0.4, -0.2) is 17.0 Å². The second-order valence-electron chi connectivity index (χ2n) is 6.77. The summed E-state index contributed by atoms with van der Waals surface area (Å²) in [7, 11) is 0. The van der Waals surface area contributed by atoms with Crippen LogP contribution in [0.3, 0.4) is 0 Å².